The maximum absolute atomic E-state index is 10.8. The Hall–Kier alpha value is -2.48. The lowest BCUT2D eigenvalue weighted by molar-refractivity contribution is -0.386. The smallest absolute Gasteiger partial charge is 0.349 e. The van der Waals surface area contributed by atoms with E-state index in [4.69, 9.17) is 22.1 Å². The minimum absolute atomic E-state index is 0.134. The fourth-order valence-electron chi connectivity index (χ4n) is 1.13. The third-order valence-corrected chi connectivity index (χ3v) is 2.05. The first-order valence-electron chi connectivity index (χ1n) is 4.61. The molecule has 0 aliphatic carbocycles. The highest BCUT2D eigenvalue weighted by atomic mass is 35.5. The van der Waals surface area contributed by atoms with Crippen LogP contribution in [0.3, 0.4) is 0 Å². The molecule has 0 aliphatic rings. The summed E-state index contributed by atoms with van der Waals surface area (Å²) >= 11 is 5.71. The normalized spacial score (nSPS) is 10.1. The van der Waals surface area contributed by atoms with Gasteiger partial charge in [0.2, 0.25) is 5.95 Å². The molecule has 0 aromatic carbocycles. The maximum Gasteiger partial charge on any atom is 0.349 e. The van der Waals surface area contributed by atoms with Crippen molar-refractivity contribution in [2.24, 2.45) is 0 Å². The molecule has 0 radical (unpaired) electrons. The van der Waals surface area contributed by atoms with E-state index >= 15 is 0 Å². The summed E-state index contributed by atoms with van der Waals surface area (Å²) in [5.41, 5.74) is 4.95. The predicted octanol–water partition coefficient (Wildman–Crippen LogP) is 1.81. The molecule has 2 heterocycles. The van der Waals surface area contributed by atoms with Gasteiger partial charge in [-0.3, -0.25) is 15.1 Å². The Kier molecular flexibility index (Phi) is 3.20. The molecular weight excluding hydrogens is 262 g/mol. The van der Waals surface area contributed by atoms with Crippen LogP contribution in [0.2, 0.25) is 5.02 Å². The van der Waals surface area contributed by atoms with Crippen molar-refractivity contribution >= 4 is 23.2 Å². The lowest BCUT2D eigenvalue weighted by atomic mass is 10.4. The minimum Gasteiger partial charge on any atom is -0.432 e. The van der Waals surface area contributed by atoms with E-state index in [1.54, 1.807) is 0 Å². The summed E-state index contributed by atoms with van der Waals surface area (Å²) in [6.07, 6.45) is 3.71. The topological polar surface area (TPSA) is 117 Å². The van der Waals surface area contributed by atoms with Crippen LogP contribution in [-0.4, -0.2) is 19.9 Å². The molecule has 0 fully saturated rings. The van der Waals surface area contributed by atoms with Crippen molar-refractivity contribution in [1.29, 1.82) is 0 Å². The second-order valence-electron chi connectivity index (χ2n) is 3.12. The highest BCUT2D eigenvalue weighted by Gasteiger charge is 2.19. The van der Waals surface area contributed by atoms with E-state index in [1.807, 2.05) is 0 Å². The molecule has 0 atom stereocenters. The van der Waals surface area contributed by atoms with Crippen LogP contribution in [0, 0.1) is 10.1 Å². The molecule has 0 bridgehead atoms. The number of aromatic nitrogens is 3. The van der Waals surface area contributed by atoms with Crippen molar-refractivity contribution in [3.05, 3.63) is 39.8 Å². The summed E-state index contributed by atoms with van der Waals surface area (Å²) in [6, 6.07) is 1.44. The Morgan fingerprint density at radius 3 is 2.83 bits per heavy atom. The summed E-state index contributed by atoms with van der Waals surface area (Å²) in [4.78, 5) is 21.0. The van der Waals surface area contributed by atoms with E-state index in [0.29, 0.717) is 5.02 Å². The number of halogens is 1. The third-order valence-electron chi connectivity index (χ3n) is 1.85. The number of nitrogen functional groups attached to an aromatic ring is 1. The van der Waals surface area contributed by atoms with Crippen molar-refractivity contribution in [3.8, 4) is 11.6 Å². The van der Waals surface area contributed by atoms with Gasteiger partial charge in [-0.1, -0.05) is 11.6 Å². The highest BCUT2D eigenvalue weighted by Crippen LogP contribution is 2.29. The summed E-state index contributed by atoms with van der Waals surface area (Å²) < 4.78 is 5.21. The first-order chi connectivity index (χ1) is 8.56. The summed E-state index contributed by atoms with van der Waals surface area (Å²) in [5.74, 6) is -0.189. The Morgan fingerprint density at radius 1 is 1.39 bits per heavy atom. The number of anilines is 1. The van der Waals surface area contributed by atoms with Crippen LogP contribution >= 0.6 is 11.6 Å². The van der Waals surface area contributed by atoms with Gasteiger partial charge in [0, 0.05) is 12.3 Å². The van der Waals surface area contributed by atoms with E-state index in [2.05, 4.69) is 15.0 Å². The molecule has 8 nitrogen and oxygen atoms in total. The number of ether oxygens (including phenoxy) is 1. The molecule has 0 amide bonds. The van der Waals surface area contributed by atoms with Gasteiger partial charge in [0.1, 0.15) is 11.9 Å². The number of pyridine rings is 1. The zero-order valence-electron chi connectivity index (χ0n) is 8.78. The Balaban J connectivity index is 2.39. The maximum atomic E-state index is 10.8. The van der Waals surface area contributed by atoms with Gasteiger partial charge in [-0.25, -0.2) is 4.98 Å². The average Bonchev–Trinajstić information content (AvgIpc) is 2.28. The van der Waals surface area contributed by atoms with Crippen LogP contribution < -0.4 is 10.5 Å². The van der Waals surface area contributed by atoms with Gasteiger partial charge < -0.3 is 10.5 Å². The second-order valence-corrected chi connectivity index (χ2v) is 3.55. The first-order valence-corrected chi connectivity index (χ1v) is 4.99. The van der Waals surface area contributed by atoms with Gasteiger partial charge in [-0.15, -0.1) is 0 Å². The molecule has 2 rings (SSSR count). The number of rotatable bonds is 3. The SMILES string of the molecule is Nc1ncc([N+](=O)[O-])c(Oc2cncc(Cl)c2)n1. The Morgan fingerprint density at radius 2 is 2.17 bits per heavy atom. The largest absolute Gasteiger partial charge is 0.432 e. The molecule has 2 N–H and O–H groups in total. The van der Waals surface area contributed by atoms with E-state index in [9.17, 15) is 10.1 Å². The number of hydrogen-bond donors (Lipinski definition) is 1. The summed E-state index contributed by atoms with van der Waals surface area (Å²) in [7, 11) is 0. The number of nitro groups is 1. The van der Waals surface area contributed by atoms with Gasteiger partial charge in [-0.2, -0.15) is 4.98 Å². The monoisotopic (exact) mass is 267 g/mol. The first kappa shape index (κ1) is 12.0. The van der Waals surface area contributed by atoms with E-state index in [1.165, 1.54) is 18.5 Å². The zero-order valence-corrected chi connectivity index (χ0v) is 9.53. The molecule has 0 unspecified atom stereocenters. The third kappa shape index (κ3) is 2.61. The van der Waals surface area contributed by atoms with E-state index in [-0.39, 0.29) is 17.6 Å². The molecule has 0 saturated heterocycles. The van der Waals surface area contributed by atoms with Crippen LogP contribution in [0.15, 0.2) is 24.7 Å². The van der Waals surface area contributed by atoms with Gasteiger partial charge in [0.05, 0.1) is 16.1 Å². The standard InChI is InChI=1S/C9H6ClN5O3/c10-5-1-6(3-12-2-5)18-8-7(15(16)17)4-13-9(11)14-8/h1-4H,(H2,11,13,14). The van der Waals surface area contributed by atoms with Crippen molar-refractivity contribution in [2.45, 2.75) is 0 Å². The second kappa shape index (κ2) is 4.80. The van der Waals surface area contributed by atoms with Crippen molar-refractivity contribution in [1.82, 2.24) is 15.0 Å². The van der Waals surface area contributed by atoms with Gasteiger partial charge in [0.15, 0.2) is 0 Å². The van der Waals surface area contributed by atoms with Crippen LogP contribution in [-0.2, 0) is 0 Å². The number of nitrogens with two attached hydrogens (primary N) is 1. The molecule has 0 aliphatic heterocycles. The van der Waals surface area contributed by atoms with Crippen molar-refractivity contribution < 1.29 is 9.66 Å². The van der Waals surface area contributed by atoms with Crippen LogP contribution in [0.4, 0.5) is 11.6 Å². The molecular formula is C9H6ClN5O3. The fourth-order valence-corrected chi connectivity index (χ4v) is 1.30. The van der Waals surface area contributed by atoms with Crippen LogP contribution in [0.1, 0.15) is 0 Å². The van der Waals surface area contributed by atoms with Gasteiger partial charge in [0.25, 0.3) is 0 Å². The average molecular weight is 268 g/mol. The van der Waals surface area contributed by atoms with E-state index in [0.717, 1.165) is 6.20 Å². The van der Waals surface area contributed by atoms with E-state index < -0.39 is 10.6 Å². The molecule has 92 valence electrons. The molecule has 0 saturated carbocycles. The Labute approximate surface area is 106 Å². The lowest BCUT2D eigenvalue weighted by Crippen LogP contribution is -2.01. The number of nitrogens with zero attached hydrogens (tertiary/aromatic N) is 4. The number of hydrogen-bond acceptors (Lipinski definition) is 7. The highest BCUT2D eigenvalue weighted by molar-refractivity contribution is 6.30. The van der Waals surface area contributed by atoms with Crippen LogP contribution in [0.5, 0.6) is 11.6 Å². The predicted molar refractivity (Wildman–Crippen MR) is 62.4 cm³/mol. The molecule has 2 aromatic rings. The van der Waals surface area contributed by atoms with Gasteiger partial charge in [-0.05, 0) is 0 Å². The lowest BCUT2D eigenvalue weighted by Gasteiger charge is -2.04. The van der Waals surface area contributed by atoms with Crippen molar-refractivity contribution in [3.63, 3.8) is 0 Å². The summed E-state index contributed by atoms with van der Waals surface area (Å²) in [6.45, 7) is 0. The van der Waals surface area contributed by atoms with Crippen LogP contribution in [0.25, 0.3) is 0 Å². The molecule has 18 heavy (non-hydrogen) atoms. The fraction of sp³-hybridized carbons (Fsp3) is 0. The Bertz CT molecular complexity index is 607. The molecule has 2 aromatic heterocycles. The molecule has 9 heteroatoms. The van der Waals surface area contributed by atoms with Gasteiger partial charge >= 0.3 is 11.6 Å². The molecule has 0 spiro atoms. The minimum atomic E-state index is -0.674. The summed E-state index contributed by atoms with van der Waals surface area (Å²) in [5, 5.41) is 11.1. The quantitative estimate of drug-likeness (QED) is 0.665. The van der Waals surface area contributed by atoms with Crippen molar-refractivity contribution in [2.75, 3.05) is 5.73 Å². The zero-order chi connectivity index (χ0) is 13.1.